The van der Waals surface area contributed by atoms with Gasteiger partial charge in [0.1, 0.15) is 0 Å². The molecule has 0 amide bonds. The molecule has 0 N–H and O–H groups in total. The van der Waals surface area contributed by atoms with Crippen LogP contribution in [-0.2, 0) is 0 Å². The fourth-order valence-corrected chi connectivity index (χ4v) is 11.2. The van der Waals surface area contributed by atoms with Crippen LogP contribution in [-0.4, -0.2) is 25.4 Å². The first-order valence-corrected chi connectivity index (χ1v) is 13.4. The van der Waals surface area contributed by atoms with Gasteiger partial charge in [-0.1, -0.05) is 44.8 Å². The first-order valence-electron chi connectivity index (χ1n) is 4.31. The summed E-state index contributed by atoms with van der Waals surface area (Å²) in [5.41, 5.74) is 0. The number of hydrogen-bond donors (Lipinski definition) is 0. The van der Waals surface area contributed by atoms with Crippen molar-refractivity contribution in [1.29, 1.82) is 0 Å². The average Bonchev–Trinajstić information content (AvgIpc) is 1.61. The summed E-state index contributed by atoms with van der Waals surface area (Å²) in [6.07, 6.45) is 0. The van der Waals surface area contributed by atoms with E-state index < -0.39 is 15.2 Å². The Morgan fingerprint density at radius 3 is 1.50 bits per heavy atom. The van der Waals surface area contributed by atoms with E-state index in [1.807, 2.05) is 0 Å². The second kappa shape index (κ2) is 3.36. The zero-order valence-electron chi connectivity index (χ0n) is 8.41. The summed E-state index contributed by atoms with van der Waals surface area (Å²) in [5.74, 6) is 0. The highest BCUT2D eigenvalue weighted by Crippen LogP contribution is 2.23. The van der Waals surface area contributed by atoms with Gasteiger partial charge >= 0.3 is 0 Å². The lowest BCUT2D eigenvalue weighted by Crippen LogP contribution is -2.51. The Hall–Kier alpha value is 0.651. The van der Waals surface area contributed by atoms with Crippen molar-refractivity contribution in [3.8, 4) is 0 Å². The highest BCUT2D eigenvalue weighted by atomic mass is 29.3. The molecule has 0 heterocycles. The zero-order chi connectivity index (χ0) is 8.41. The van der Waals surface area contributed by atoms with Crippen LogP contribution < -0.4 is 0 Å². The van der Waals surface area contributed by atoms with Crippen molar-refractivity contribution in [2.24, 2.45) is 0 Å². The molecular weight excluding hydrogens is 168 g/mol. The van der Waals surface area contributed by atoms with Crippen molar-refractivity contribution < 1.29 is 0 Å². The second-order valence-electron chi connectivity index (χ2n) is 4.88. The highest BCUT2D eigenvalue weighted by Gasteiger charge is 2.35. The molecule has 0 saturated carbocycles. The van der Waals surface area contributed by atoms with Gasteiger partial charge in [-0.05, 0) is 0 Å². The van der Waals surface area contributed by atoms with Crippen molar-refractivity contribution in [2.45, 2.75) is 44.8 Å². The summed E-state index contributed by atoms with van der Waals surface area (Å²) in [5, 5.41) is 0. The van der Waals surface area contributed by atoms with Gasteiger partial charge in [-0.2, -0.15) is 0 Å². The molecule has 0 radical (unpaired) electrons. The van der Waals surface area contributed by atoms with E-state index in [4.69, 9.17) is 0 Å². The fourth-order valence-electron chi connectivity index (χ4n) is 1.000. The molecule has 0 aliphatic heterocycles. The predicted molar refractivity (Wildman–Crippen MR) is 60.4 cm³/mol. The standard InChI is InChI=1S/C7H22Si3/c1-9(2,3)10(4,5)7-6-8/h6-7H2,1-5,8H3. The monoisotopic (exact) mass is 190 g/mol. The number of hydrogen-bond acceptors (Lipinski definition) is 0. The topological polar surface area (TPSA) is 0 Å². The van der Waals surface area contributed by atoms with Crippen LogP contribution in [0, 0.1) is 0 Å². The van der Waals surface area contributed by atoms with Crippen LogP contribution in [0.2, 0.25) is 44.8 Å². The Labute approximate surface area is 70.7 Å². The van der Waals surface area contributed by atoms with Gasteiger partial charge in [-0.3, -0.25) is 0 Å². The Bertz CT molecular complexity index is 102. The molecule has 0 aliphatic carbocycles. The molecule has 0 unspecified atom stereocenters. The van der Waals surface area contributed by atoms with E-state index in [0.717, 1.165) is 0 Å². The van der Waals surface area contributed by atoms with Gasteiger partial charge < -0.3 is 0 Å². The third kappa shape index (κ3) is 2.72. The summed E-state index contributed by atoms with van der Waals surface area (Å²) in [4.78, 5) is 0. The van der Waals surface area contributed by atoms with Gasteiger partial charge in [0.25, 0.3) is 0 Å². The molecule has 0 atom stereocenters. The van der Waals surface area contributed by atoms with Crippen LogP contribution in [0.3, 0.4) is 0 Å². The third-order valence-corrected chi connectivity index (χ3v) is 23.1. The first kappa shape index (κ1) is 10.7. The smallest absolute Gasteiger partial charge is 0.0407 e. The largest absolute Gasteiger partial charge is 0.0715 e. The van der Waals surface area contributed by atoms with Crippen molar-refractivity contribution in [1.82, 2.24) is 0 Å². The molecule has 0 rings (SSSR count). The van der Waals surface area contributed by atoms with Gasteiger partial charge in [0.15, 0.2) is 0 Å². The molecule has 0 bridgehead atoms. The molecule has 0 aromatic carbocycles. The minimum absolute atomic E-state index is 0.731. The van der Waals surface area contributed by atoms with Crippen LogP contribution in [0.25, 0.3) is 0 Å². The van der Waals surface area contributed by atoms with Gasteiger partial charge in [0.05, 0.1) is 0 Å². The van der Waals surface area contributed by atoms with Crippen LogP contribution in [0.4, 0.5) is 0 Å². The molecule has 0 aromatic heterocycles. The van der Waals surface area contributed by atoms with E-state index in [9.17, 15) is 0 Å². The molecule has 10 heavy (non-hydrogen) atoms. The summed E-state index contributed by atoms with van der Waals surface area (Å²) < 4.78 is 0. The molecular formula is C7H22Si3. The van der Waals surface area contributed by atoms with E-state index in [1.165, 1.54) is 16.3 Å². The van der Waals surface area contributed by atoms with E-state index in [1.54, 1.807) is 6.04 Å². The molecule has 0 aromatic rings. The minimum Gasteiger partial charge on any atom is -0.0715 e. The van der Waals surface area contributed by atoms with E-state index >= 15 is 0 Å². The van der Waals surface area contributed by atoms with Crippen molar-refractivity contribution in [3.63, 3.8) is 0 Å². The molecule has 0 spiro atoms. The van der Waals surface area contributed by atoms with Gasteiger partial charge in [0.2, 0.25) is 0 Å². The van der Waals surface area contributed by atoms with Crippen LogP contribution in [0.15, 0.2) is 0 Å². The predicted octanol–water partition coefficient (Wildman–Crippen LogP) is 1.90. The Morgan fingerprint density at radius 2 is 1.40 bits per heavy atom. The Morgan fingerprint density at radius 1 is 1.00 bits per heavy atom. The maximum atomic E-state index is 2.58. The summed E-state index contributed by atoms with van der Waals surface area (Å²) in [7, 11) is -0.0655. The van der Waals surface area contributed by atoms with E-state index in [0.29, 0.717) is 0 Å². The maximum absolute atomic E-state index is 2.58. The first-order chi connectivity index (χ1) is 4.31. The molecule has 0 nitrogen and oxygen atoms in total. The molecule has 0 fully saturated rings. The second-order valence-corrected chi connectivity index (χ2v) is 23.2. The maximum Gasteiger partial charge on any atom is 0.0407 e. The van der Waals surface area contributed by atoms with Crippen molar-refractivity contribution in [2.75, 3.05) is 0 Å². The lowest BCUT2D eigenvalue weighted by Gasteiger charge is -2.35. The van der Waals surface area contributed by atoms with Crippen LogP contribution >= 0.6 is 0 Å². The zero-order valence-corrected chi connectivity index (χ0v) is 12.4. The molecule has 62 valence electrons. The van der Waals surface area contributed by atoms with Gasteiger partial charge in [-0.25, -0.2) is 0 Å². The summed E-state index contributed by atoms with van der Waals surface area (Å²) >= 11 is 0. The SMILES string of the molecule is C[Si](C)(C)[Si](C)(C)CC[SiH3]. The van der Waals surface area contributed by atoms with Crippen LogP contribution in [0.5, 0.6) is 0 Å². The Balaban J connectivity index is 4.10. The van der Waals surface area contributed by atoms with Crippen LogP contribution in [0.1, 0.15) is 0 Å². The van der Waals surface area contributed by atoms with E-state index in [2.05, 4.69) is 32.7 Å². The third-order valence-electron chi connectivity index (χ3n) is 2.91. The summed E-state index contributed by atoms with van der Waals surface area (Å²) in [6.45, 7) is 12.8. The molecule has 0 aliphatic rings. The lowest BCUT2D eigenvalue weighted by molar-refractivity contribution is 1.37. The number of rotatable bonds is 3. The van der Waals surface area contributed by atoms with Gasteiger partial charge in [0, 0.05) is 25.4 Å². The molecule has 3 heteroatoms. The highest BCUT2D eigenvalue weighted by molar-refractivity contribution is 7.40. The van der Waals surface area contributed by atoms with Gasteiger partial charge in [-0.15, -0.1) is 0 Å². The molecule has 0 saturated heterocycles. The Kier molecular flexibility index (Phi) is 3.58. The average molecular weight is 191 g/mol. The van der Waals surface area contributed by atoms with Crippen molar-refractivity contribution >= 4 is 25.4 Å². The lowest BCUT2D eigenvalue weighted by atomic mass is 10.9. The van der Waals surface area contributed by atoms with Crippen molar-refractivity contribution in [3.05, 3.63) is 0 Å². The normalized spacial score (nSPS) is 14.1. The fraction of sp³-hybridized carbons (Fsp3) is 1.00. The quantitative estimate of drug-likeness (QED) is 0.597. The minimum atomic E-state index is -0.745. The van der Waals surface area contributed by atoms with E-state index in [-0.39, 0.29) is 0 Å². The summed E-state index contributed by atoms with van der Waals surface area (Å²) in [6, 6.07) is 3.12.